The van der Waals surface area contributed by atoms with Gasteiger partial charge in [-0.15, -0.1) is 0 Å². The van der Waals surface area contributed by atoms with Gasteiger partial charge in [-0.3, -0.25) is 4.79 Å². The Morgan fingerprint density at radius 1 is 1.07 bits per heavy atom. The predicted molar refractivity (Wildman–Crippen MR) is 109 cm³/mol. The number of nitrogens with zero attached hydrogens (tertiary/aromatic N) is 2. The van der Waals surface area contributed by atoms with Crippen LogP contribution in [0.25, 0.3) is 0 Å². The van der Waals surface area contributed by atoms with E-state index in [-0.39, 0.29) is 25.5 Å². The average Bonchev–Trinajstić information content (AvgIpc) is 2.93. The Kier molecular flexibility index (Phi) is 6.56. The van der Waals surface area contributed by atoms with Gasteiger partial charge in [0, 0.05) is 30.3 Å². The number of carbonyl (C=O) groups is 1. The van der Waals surface area contributed by atoms with E-state index in [2.05, 4.69) is 5.32 Å². The third-order valence-corrected chi connectivity index (χ3v) is 6.47. The number of anilines is 1. The maximum absolute atomic E-state index is 12.7. The summed E-state index contributed by atoms with van der Waals surface area (Å²) >= 11 is 5.86. The van der Waals surface area contributed by atoms with Gasteiger partial charge < -0.3 is 10.1 Å². The molecule has 7 nitrogen and oxygen atoms in total. The second-order valence-electron chi connectivity index (χ2n) is 6.31. The molecule has 0 spiro atoms. The van der Waals surface area contributed by atoms with Crippen molar-refractivity contribution in [1.82, 2.24) is 8.61 Å². The van der Waals surface area contributed by atoms with Crippen molar-refractivity contribution < 1.29 is 17.9 Å². The van der Waals surface area contributed by atoms with Gasteiger partial charge in [-0.25, -0.2) is 0 Å². The zero-order chi connectivity index (χ0) is 20.1. The largest absolute Gasteiger partial charge is 0.494 e. The van der Waals surface area contributed by atoms with Crippen LogP contribution in [0.4, 0.5) is 5.69 Å². The normalized spacial score (nSPS) is 16.8. The molecule has 2 aromatic carbocycles. The van der Waals surface area contributed by atoms with Crippen molar-refractivity contribution in [3.63, 3.8) is 0 Å². The lowest BCUT2D eigenvalue weighted by atomic mass is 10.2. The van der Waals surface area contributed by atoms with Crippen LogP contribution in [0, 0.1) is 0 Å². The molecule has 0 bridgehead atoms. The average molecular weight is 424 g/mol. The number of carbonyl (C=O) groups excluding carboxylic acids is 1. The van der Waals surface area contributed by atoms with Crippen LogP contribution in [-0.4, -0.2) is 49.2 Å². The third kappa shape index (κ3) is 5.02. The SMILES string of the molecule is CCOc1ccc(NC(=O)CN2CCN(Cc3ccc(Cl)cc3)S2(=O)=O)cc1. The van der Waals surface area contributed by atoms with Gasteiger partial charge in [0.05, 0.1) is 13.2 Å². The second-order valence-corrected chi connectivity index (χ2v) is 8.67. The molecule has 1 aliphatic heterocycles. The summed E-state index contributed by atoms with van der Waals surface area (Å²) in [6.07, 6.45) is 0. The van der Waals surface area contributed by atoms with Crippen molar-refractivity contribution in [2.75, 3.05) is 31.6 Å². The first-order valence-electron chi connectivity index (χ1n) is 8.91. The minimum Gasteiger partial charge on any atom is -0.494 e. The van der Waals surface area contributed by atoms with E-state index < -0.39 is 10.2 Å². The van der Waals surface area contributed by atoms with E-state index in [1.54, 1.807) is 48.5 Å². The number of amides is 1. The molecule has 0 atom stereocenters. The number of benzene rings is 2. The Hall–Kier alpha value is -2.13. The van der Waals surface area contributed by atoms with Gasteiger partial charge in [-0.1, -0.05) is 23.7 Å². The molecule has 2 aromatic rings. The summed E-state index contributed by atoms with van der Waals surface area (Å²) in [5, 5.41) is 3.31. The van der Waals surface area contributed by atoms with Crippen molar-refractivity contribution in [2.24, 2.45) is 0 Å². The van der Waals surface area contributed by atoms with Gasteiger partial charge in [-0.05, 0) is 48.9 Å². The predicted octanol–water partition coefficient (Wildman–Crippen LogP) is 2.74. The van der Waals surface area contributed by atoms with Crippen LogP contribution in [0.1, 0.15) is 12.5 Å². The van der Waals surface area contributed by atoms with E-state index in [1.807, 2.05) is 6.92 Å². The van der Waals surface area contributed by atoms with Crippen molar-refractivity contribution in [1.29, 1.82) is 0 Å². The number of ether oxygens (including phenoxy) is 1. The fraction of sp³-hybridized carbons (Fsp3) is 0.316. The Morgan fingerprint density at radius 3 is 2.36 bits per heavy atom. The van der Waals surface area contributed by atoms with Gasteiger partial charge >= 0.3 is 0 Å². The highest BCUT2D eigenvalue weighted by Crippen LogP contribution is 2.21. The van der Waals surface area contributed by atoms with Crippen LogP contribution < -0.4 is 10.1 Å². The number of halogens is 1. The molecular formula is C19H22ClN3O4S. The van der Waals surface area contributed by atoms with E-state index in [9.17, 15) is 13.2 Å². The Labute approximate surface area is 170 Å². The summed E-state index contributed by atoms with van der Waals surface area (Å²) in [5.74, 6) is 0.321. The Morgan fingerprint density at radius 2 is 1.71 bits per heavy atom. The number of hydrogen-bond acceptors (Lipinski definition) is 4. The van der Waals surface area contributed by atoms with Crippen molar-refractivity contribution in [3.8, 4) is 5.75 Å². The molecule has 0 radical (unpaired) electrons. The molecule has 1 amide bonds. The highest BCUT2D eigenvalue weighted by atomic mass is 35.5. The first-order chi connectivity index (χ1) is 13.4. The summed E-state index contributed by atoms with van der Waals surface area (Å²) < 4.78 is 33.3. The van der Waals surface area contributed by atoms with E-state index in [4.69, 9.17) is 16.3 Å². The lowest BCUT2D eigenvalue weighted by Crippen LogP contribution is -2.37. The summed E-state index contributed by atoms with van der Waals surface area (Å²) in [7, 11) is -3.68. The molecule has 3 rings (SSSR count). The van der Waals surface area contributed by atoms with Crippen LogP contribution >= 0.6 is 11.6 Å². The van der Waals surface area contributed by atoms with Gasteiger partial charge in [0.2, 0.25) is 5.91 Å². The van der Waals surface area contributed by atoms with Crippen LogP contribution in [0.5, 0.6) is 5.75 Å². The monoisotopic (exact) mass is 423 g/mol. The molecule has 1 aliphatic rings. The highest BCUT2D eigenvalue weighted by molar-refractivity contribution is 7.87. The standard InChI is InChI=1S/C19H22ClN3O4S/c1-2-27-18-9-7-17(8-10-18)21-19(24)14-23-12-11-22(28(23,25)26)13-15-3-5-16(20)6-4-15/h3-10H,2,11-14H2,1H3,(H,21,24). The second kappa shape index (κ2) is 8.91. The number of nitrogens with one attached hydrogen (secondary N) is 1. The number of rotatable bonds is 7. The fourth-order valence-electron chi connectivity index (χ4n) is 2.89. The lowest BCUT2D eigenvalue weighted by Gasteiger charge is -2.18. The molecule has 0 aliphatic carbocycles. The summed E-state index contributed by atoms with van der Waals surface area (Å²) in [4.78, 5) is 12.3. The molecule has 0 aromatic heterocycles. The Bertz CT molecular complexity index is 917. The molecule has 28 heavy (non-hydrogen) atoms. The van der Waals surface area contributed by atoms with Crippen LogP contribution in [0.2, 0.25) is 5.02 Å². The zero-order valence-electron chi connectivity index (χ0n) is 15.5. The van der Waals surface area contributed by atoms with Crippen molar-refractivity contribution in [2.45, 2.75) is 13.5 Å². The van der Waals surface area contributed by atoms with E-state index >= 15 is 0 Å². The highest BCUT2D eigenvalue weighted by Gasteiger charge is 2.37. The molecule has 1 saturated heterocycles. The minimum absolute atomic E-state index is 0.230. The maximum atomic E-state index is 12.7. The zero-order valence-corrected chi connectivity index (χ0v) is 17.0. The Balaban J connectivity index is 1.58. The molecule has 150 valence electrons. The third-order valence-electron chi connectivity index (χ3n) is 4.29. The van der Waals surface area contributed by atoms with Gasteiger partial charge in [0.15, 0.2) is 0 Å². The first kappa shape index (κ1) is 20.6. The van der Waals surface area contributed by atoms with E-state index in [0.717, 1.165) is 5.56 Å². The van der Waals surface area contributed by atoms with E-state index in [0.29, 0.717) is 29.6 Å². The molecule has 1 N–H and O–H groups in total. The lowest BCUT2D eigenvalue weighted by molar-refractivity contribution is -0.116. The number of hydrogen-bond donors (Lipinski definition) is 1. The van der Waals surface area contributed by atoms with Crippen LogP contribution in [0.3, 0.4) is 0 Å². The molecule has 0 saturated carbocycles. The van der Waals surface area contributed by atoms with Gasteiger partial charge in [0.25, 0.3) is 10.2 Å². The van der Waals surface area contributed by atoms with Crippen molar-refractivity contribution >= 4 is 33.4 Å². The molecule has 1 heterocycles. The summed E-state index contributed by atoms with van der Waals surface area (Å²) in [5.41, 5.74) is 1.43. The maximum Gasteiger partial charge on any atom is 0.282 e. The van der Waals surface area contributed by atoms with Gasteiger partial charge in [-0.2, -0.15) is 17.0 Å². The minimum atomic E-state index is -3.68. The van der Waals surface area contributed by atoms with Gasteiger partial charge in [0.1, 0.15) is 5.75 Å². The first-order valence-corrected chi connectivity index (χ1v) is 10.7. The van der Waals surface area contributed by atoms with Crippen molar-refractivity contribution in [3.05, 3.63) is 59.1 Å². The molecule has 1 fully saturated rings. The summed E-state index contributed by atoms with van der Waals surface area (Å²) in [6.45, 7) is 3.07. The molecule has 9 heteroatoms. The van der Waals surface area contributed by atoms with E-state index in [1.165, 1.54) is 8.61 Å². The quantitative estimate of drug-likeness (QED) is 0.742. The van der Waals surface area contributed by atoms with Crippen LogP contribution in [0.15, 0.2) is 48.5 Å². The van der Waals surface area contributed by atoms with Crippen LogP contribution in [-0.2, 0) is 21.5 Å². The fourth-order valence-corrected chi connectivity index (χ4v) is 4.56. The smallest absolute Gasteiger partial charge is 0.282 e. The topological polar surface area (TPSA) is 79.0 Å². The molecule has 0 unspecified atom stereocenters. The molecular weight excluding hydrogens is 402 g/mol. The summed E-state index contributed by atoms with van der Waals surface area (Å²) in [6, 6.07) is 14.0.